The maximum absolute atomic E-state index is 13.8. The third-order valence-corrected chi connectivity index (χ3v) is 5.74. The van der Waals surface area contributed by atoms with E-state index in [4.69, 9.17) is 16.7 Å². The number of phenolic OH excluding ortho intramolecular Hbond substituents is 1. The van der Waals surface area contributed by atoms with Crippen LogP contribution in [0.4, 0.5) is 8.78 Å². The van der Waals surface area contributed by atoms with E-state index in [1.165, 1.54) is 0 Å². The number of halogens is 3. The highest BCUT2D eigenvalue weighted by atomic mass is 35.5. The van der Waals surface area contributed by atoms with Gasteiger partial charge in [0.2, 0.25) is 0 Å². The molecule has 0 aliphatic heterocycles. The Morgan fingerprint density at radius 3 is 2.69 bits per heavy atom. The first-order valence-electron chi connectivity index (χ1n) is 9.51. The molecule has 8 heteroatoms. The highest BCUT2D eigenvalue weighted by molar-refractivity contribution is 6.31. The van der Waals surface area contributed by atoms with E-state index in [1.807, 2.05) is 29.1 Å². The Morgan fingerprint density at radius 2 is 1.93 bits per heavy atom. The number of aromatic hydroxyl groups is 1. The zero-order chi connectivity index (χ0) is 20.5. The van der Waals surface area contributed by atoms with Crippen molar-refractivity contribution in [3.63, 3.8) is 0 Å². The van der Waals surface area contributed by atoms with Gasteiger partial charge in [-0.05, 0) is 55.9 Å². The molecule has 0 bridgehead atoms. The molecule has 3 aromatic rings. The monoisotopic (exact) mass is 419 g/mol. The van der Waals surface area contributed by atoms with Gasteiger partial charge in [-0.3, -0.25) is 9.48 Å². The fourth-order valence-corrected chi connectivity index (χ4v) is 4.02. The van der Waals surface area contributed by atoms with Crippen LogP contribution in [0.1, 0.15) is 42.1 Å². The number of phenols is 1. The molecule has 152 valence electrons. The minimum Gasteiger partial charge on any atom is -0.505 e. The van der Waals surface area contributed by atoms with Gasteiger partial charge < -0.3 is 10.4 Å². The van der Waals surface area contributed by atoms with Gasteiger partial charge in [-0.2, -0.15) is 5.10 Å². The molecule has 0 radical (unpaired) electrons. The summed E-state index contributed by atoms with van der Waals surface area (Å²) in [6.45, 7) is 0.393. The summed E-state index contributed by atoms with van der Waals surface area (Å²) in [5.41, 5.74) is 0.464. The molecule has 1 aliphatic carbocycles. The summed E-state index contributed by atoms with van der Waals surface area (Å²) in [7, 11) is 0. The maximum Gasteiger partial charge on any atom is 0.254 e. The lowest BCUT2D eigenvalue weighted by atomic mass is 9.86. The zero-order valence-electron chi connectivity index (χ0n) is 15.5. The molecular weight excluding hydrogens is 400 g/mol. The quantitative estimate of drug-likeness (QED) is 0.636. The van der Waals surface area contributed by atoms with E-state index in [-0.39, 0.29) is 12.0 Å². The average Bonchev–Trinajstić information content (AvgIpc) is 3.12. The number of nitrogens with one attached hydrogen (secondary N) is 1. The second kappa shape index (κ2) is 7.99. The van der Waals surface area contributed by atoms with Gasteiger partial charge >= 0.3 is 0 Å². The largest absolute Gasteiger partial charge is 0.505 e. The number of amides is 1. The van der Waals surface area contributed by atoms with Gasteiger partial charge in [0.25, 0.3) is 5.91 Å². The van der Waals surface area contributed by atoms with Crippen LogP contribution in [0.3, 0.4) is 0 Å². The van der Waals surface area contributed by atoms with Crippen molar-refractivity contribution in [2.45, 2.75) is 31.7 Å². The van der Waals surface area contributed by atoms with Gasteiger partial charge in [0.05, 0.1) is 17.1 Å². The molecule has 0 unspecified atom stereocenters. The van der Waals surface area contributed by atoms with Crippen LogP contribution in [-0.2, 0) is 0 Å². The Labute approximate surface area is 171 Å². The van der Waals surface area contributed by atoms with Gasteiger partial charge in [0.15, 0.2) is 11.6 Å². The van der Waals surface area contributed by atoms with Crippen LogP contribution in [0, 0.1) is 17.6 Å². The van der Waals surface area contributed by atoms with E-state index < -0.39 is 28.9 Å². The third kappa shape index (κ3) is 4.19. The van der Waals surface area contributed by atoms with Crippen LogP contribution >= 0.6 is 11.6 Å². The number of hydrogen-bond acceptors (Lipinski definition) is 3. The number of carbonyl (C=O) groups is 1. The number of carbonyl (C=O) groups excluding carboxylic acids is 1. The van der Waals surface area contributed by atoms with Gasteiger partial charge in [-0.1, -0.05) is 11.6 Å². The van der Waals surface area contributed by atoms with Crippen molar-refractivity contribution in [3.8, 4) is 5.75 Å². The van der Waals surface area contributed by atoms with Gasteiger partial charge in [-0.25, -0.2) is 8.78 Å². The first kappa shape index (κ1) is 19.6. The molecular formula is C21H20ClF2N3O2. The van der Waals surface area contributed by atoms with E-state index in [1.54, 1.807) is 0 Å². The molecule has 5 nitrogen and oxygen atoms in total. The van der Waals surface area contributed by atoms with Gasteiger partial charge in [0.1, 0.15) is 5.82 Å². The zero-order valence-corrected chi connectivity index (χ0v) is 16.3. The highest BCUT2D eigenvalue weighted by Gasteiger charge is 2.24. The molecule has 1 heterocycles. The number of nitrogens with zero attached hydrogens (tertiary/aromatic N) is 2. The number of benzene rings is 2. The Kier molecular flexibility index (Phi) is 5.41. The molecule has 0 saturated heterocycles. The summed E-state index contributed by atoms with van der Waals surface area (Å²) in [6, 6.07) is 7.25. The normalized spacial score (nSPS) is 19.4. The minimum atomic E-state index is -1.02. The first-order valence-corrected chi connectivity index (χ1v) is 9.89. The smallest absolute Gasteiger partial charge is 0.254 e. The molecule has 1 aliphatic rings. The summed E-state index contributed by atoms with van der Waals surface area (Å²) in [4.78, 5) is 12.2. The Hall–Kier alpha value is -2.67. The van der Waals surface area contributed by atoms with E-state index in [2.05, 4.69) is 10.4 Å². The Morgan fingerprint density at radius 1 is 1.17 bits per heavy atom. The maximum atomic E-state index is 13.8. The summed E-state index contributed by atoms with van der Waals surface area (Å²) in [5, 5.41) is 18.2. The SMILES string of the molecule is O=C(NC[C@H]1CC[C@H](n2cc3ccc(Cl)cc3n2)CC1)c1cc(F)c(O)cc1F. The van der Waals surface area contributed by atoms with Crippen LogP contribution in [-0.4, -0.2) is 27.3 Å². The lowest BCUT2D eigenvalue weighted by Gasteiger charge is -2.28. The van der Waals surface area contributed by atoms with Crippen molar-refractivity contribution in [1.29, 1.82) is 0 Å². The number of aromatic nitrogens is 2. The van der Waals surface area contributed by atoms with Crippen molar-refractivity contribution >= 4 is 28.4 Å². The fourth-order valence-electron chi connectivity index (χ4n) is 3.85. The fraction of sp³-hybridized carbons (Fsp3) is 0.333. The molecule has 1 saturated carbocycles. The van der Waals surface area contributed by atoms with Crippen molar-refractivity contribution in [3.05, 3.63) is 58.7 Å². The molecule has 1 amide bonds. The molecule has 29 heavy (non-hydrogen) atoms. The van der Waals surface area contributed by atoms with E-state index in [0.29, 0.717) is 23.7 Å². The van der Waals surface area contributed by atoms with E-state index in [9.17, 15) is 13.6 Å². The predicted molar refractivity (Wildman–Crippen MR) is 106 cm³/mol. The van der Waals surface area contributed by atoms with Crippen LogP contribution < -0.4 is 5.32 Å². The molecule has 2 aromatic carbocycles. The molecule has 4 rings (SSSR count). The standard InChI is InChI=1S/C21H20ClF2N3O2/c22-14-4-3-13-11-27(26-19(13)7-14)15-5-1-12(2-6-15)10-25-21(29)16-8-18(24)20(28)9-17(16)23/h3-4,7-9,11-12,15,28H,1-2,5-6,10H2,(H,25,29)/t12-,15-. The molecule has 1 fully saturated rings. The topological polar surface area (TPSA) is 67.2 Å². The van der Waals surface area contributed by atoms with Crippen molar-refractivity contribution in [1.82, 2.24) is 15.1 Å². The second-order valence-corrected chi connectivity index (χ2v) is 7.92. The van der Waals surface area contributed by atoms with Crippen molar-refractivity contribution in [2.75, 3.05) is 6.54 Å². The van der Waals surface area contributed by atoms with Gasteiger partial charge in [0, 0.05) is 29.2 Å². The molecule has 0 atom stereocenters. The number of hydrogen-bond donors (Lipinski definition) is 2. The highest BCUT2D eigenvalue weighted by Crippen LogP contribution is 2.33. The predicted octanol–water partition coefficient (Wildman–Crippen LogP) is 4.83. The van der Waals surface area contributed by atoms with Crippen LogP contribution in [0.5, 0.6) is 5.75 Å². The summed E-state index contributed by atoms with van der Waals surface area (Å²) in [5.74, 6) is -3.20. The van der Waals surface area contributed by atoms with Gasteiger partial charge in [-0.15, -0.1) is 0 Å². The van der Waals surface area contributed by atoms with Crippen molar-refractivity contribution < 1.29 is 18.7 Å². The number of fused-ring (bicyclic) bond motifs is 1. The molecule has 0 spiro atoms. The lowest BCUT2D eigenvalue weighted by molar-refractivity contribution is 0.0936. The Balaban J connectivity index is 1.33. The van der Waals surface area contributed by atoms with Crippen LogP contribution in [0.25, 0.3) is 10.9 Å². The summed E-state index contributed by atoms with van der Waals surface area (Å²) < 4.78 is 29.2. The third-order valence-electron chi connectivity index (χ3n) is 5.51. The van der Waals surface area contributed by atoms with Crippen LogP contribution in [0.2, 0.25) is 5.02 Å². The van der Waals surface area contributed by atoms with E-state index in [0.717, 1.165) is 36.6 Å². The average molecular weight is 420 g/mol. The summed E-state index contributed by atoms with van der Waals surface area (Å²) >= 11 is 6.02. The molecule has 2 N–H and O–H groups in total. The Bertz CT molecular complexity index is 1060. The second-order valence-electron chi connectivity index (χ2n) is 7.48. The minimum absolute atomic E-state index is 0.264. The number of rotatable bonds is 4. The van der Waals surface area contributed by atoms with E-state index >= 15 is 0 Å². The molecule has 1 aromatic heterocycles. The first-order chi connectivity index (χ1) is 13.9. The van der Waals surface area contributed by atoms with Crippen molar-refractivity contribution in [2.24, 2.45) is 5.92 Å². The summed E-state index contributed by atoms with van der Waals surface area (Å²) in [6.07, 6.45) is 5.66. The lowest BCUT2D eigenvalue weighted by Crippen LogP contribution is -2.32. The van der Waals surface area contributed by atoms with Crippen LogP contribution in [0.15, 0.2) is 36.5 Å².